The Morgan fingerprint density at radius 2 is 1.84 bits per heavy atom. The van der Waals surface area contributed by atoms with E-state index in [1.54, 1.807) is 0 Å². The maximum atomic E-state index is 4.59. The molecule has 1 aromatic rings. The molecule has 2 aliphatic rings. The van der Waals surface area contributed by atoms with Gasteiger partial charge in [0, 0.05) is 32.0 Å². The third-order valence-electron chi connectivity index (χ3n) is 4.63. The molecule has 2 heterocycles. The second-order valence-corrected chi connectivity index (χ2v) is 5.91. The Kier molecular flexibility index (Phi) is 3.97. The van der Waals surface area contributed by atoms with Crippen LogP contribution in [-0.2, 0) is 0 Å². The van der Waals surface area contributed by atoms with Crippen molar-refractivity contribution in [2.45, 2.75) is 50.5 Å². The highest BCUT2D eigenvalue weighted by molar-refractivity contribution is 5.31. The third kappa shape index (κ3) is 2.89. The first kappa shape index (κ1) is 12.9. The van der Waals surface area contributed by atoms with Crippen LogP contribution in [0.2, 0.25) is 0 Å². The molecule has 0 radical (unpaired) electrons. The summed E-state index contributed by atoms with van der Waals surface area (Å²) in [5.74, 6) is 1.56. The van der Waals surface area contributed by atoms with Crippen molar-refractivity contribution in [3.05, 3.63) is 18.0 Å². The monoisotopic (exact) mass is 260 g/mol. The third-order valence-corrected chi connectivity index (χ3v) is 4.63. The molecule has 104 valence electrons. The fourth-order valence-corrected chi connectivity index (χ4v) is 3.29. The summed E-state index contributed by atoms with van der Waals surface area (Å²) in [6.45, 7) is 2.15. The molecule has 1 atom stereocenters. The molecule has 19 heavy (non-hydrogen) atoms. The lowest BCUT2D eigenvalue weighted by Gasteiger charge is -2.25. The Balaban J connectivity index is 1.67. The predicted molar refractivity (Wildman–Crippen MR) is 77.5 cm³/mol. The van der Waals surface area contributed by atoms with E-state index >= 15 is 0 Å². The minimum absolute atomic E-state index is 0.542. The van der Waals surface area contributed by atoms with Crippen molar-refractivity contribution in [3.63, 3.8) is 0 Å². The van der Waals surface area contributed by atoms with Crippen molar-refractivity contribution in [3.8, 4) is 0 Å². The molecule has 0 amide bonds. The smallest absolute Gasteiger partial charge is 0.225 e. The van der Waals surface area contributed by atoms with Gasteiger partial charge in [0.05, 0.1) is 0 Å². The van der Waals surface area contributed by atoms with E-state index in [9.17, 15) is 0 Å². The van der Waals surface area contributed by atoms with Gasteiger partial charge >= 0.3 is 0 Å². The van der Waals surface area contributed by atoms with Gasteiger partial charge in [0.2, 0.25) is 5.95 Å². The van der Waals surface area contributed by atoms with Gasteiger partial charge in [-0.25, -0.2) is 9.97 Å². The van der Waals surface area contributed by atoms with Crippen LogP contribution in [0.1, 0.15) is 50.0 Å². The van der Waals surface area contributed by atoms with Gasteiger partial charge in [-0.3, -0.25) is 0 Å². The minimum Gasteiger partial charge on any atom is -0.340 e. The van der Waals surface area contributed by atoms with Crippen LogP contribution in [0, 0.1) is 0 Å². The average molecular weight is 260 g/mol. The average Bonchev–Trinajstić information content (AvgIpc) is 3.02. The molecule has 4 heteroatoms. The van der Waals surface area contributed by atoms with E-state index in [0.717, 1.165) is 19.0 Å². The van der Waals surface area contributed by atoms with E-state index in [1.165, 1.54) is 44.1 Å². The highest BCUT2D eigenvalue weighted by Crippen LogP contribution is 2.32. The van der Waals surface area contributed by atoms with Gasteiger partial charge in [0.1, 0.15) is 0 Å². The Labute approximate surface area is 115 Å². The largest absolute Gasteiger partial charge is 0.340 e. The number of nitrogens with zero attached hydrogens (tertiary/aromatic N) is 3. The van der Waals surface area contributed by atoms with Crippen LogP contribution in [0.4, 0.5) is 5.95 Å². The van der Waals surface area contributed by atoms with Crippen LogP contribution < -0.4 is 10.2 Å². The summed E-state index contributed by atoms with van der Waals surface area (Å²) < 4.78 is 0. The lowest BCUT2D eigenvalue weighted by atomic mass is 9.85. The molecule has 1 aliphatic carbocycles. The summed E-state index contributed by atoms with van der Waals surface area (Å²) in [4.78, 5) is 11.4. The highest BCUT2D eigenvalue weighted by atomic mass is 15.3. The van der Waals surface area contributed by atoms with E-state index in [1.807, 2.05) is 0 Å². The first-order valence-corrected chi connectivity index (χ1v) is 7.60. The number of hydrogen-bond acceptors (Lipinski definition) is 4. The molecule has 1 saturated heterocycles. The normalized spacial score (nSPS) is 24.6. The first-order valence-electron chi connectivity index (χ1n) is 7.60. The van der Waals surface area contributed by atoms with E-state index in [-0.39, 0.29) is 0 Å². The van der Waals surface area contributed by atoms with Crippen LogP contribution in [0.5, 0.6) is 0 Å². The Morgan fingerprint density at radius 1 is 1.11 bits per heavy atom. The first-order chi connectivity index (χ1) is 9.34. The molecule has 0 spiro atoms. The molecule has 1 N–H and O–H groups in total. The van der Waals surface area contributed by atoms with Crippen LogP contribution in [-0.4, -0.2) is 36.1 Å². The Morgan fingerprint density at radius 3 is 2.47 bits per heavy atom. The molecule has 4 nitrogen and oxygen atoms in total. The summed E-state index contributed by atoms with van der Waals surface area (Å²) in [5.41, 5.74) is 1.33. The number of nitrogens with one attached hydrogen (secondary N) is 1. The number of likely N-dealkylation sites (N-methyl/N-ethyl adjacent to an activating group) is 1. The molecular weight excluding hydrogens is 236 g/mol. The van der Waals surface area contributed by atoms with E-state index in [2.05, 4.69) is 39.6 Å². The van der Waals surface area contributed by atoms with Gasteiger partial charge in [-0.2, -0.15) is 0 Å². The summed E-state index contributed by atoms with van der Waals surface area (Å²) >= 11 is 0. The van der Waals surface area contributed by atoms with Gasteiger partial charge in [-0.15, -0.1) is 0 Å². The summed E-state index contributed by atoms with van der Waals surface area (Å²) in [6.07, 6.45) is 12.0. The Bertz CT molecular complexity index is 391. The fourth-order valence-electron chi connectivity index (χ4n) is 3.29. The lowest BCUT2D eigenvalue weighted by molar-refractivity contribution is 0.442. The molecule has 1 unspecified atom stereocenters. The standard InChI is InChI=1S/C15H24N4/c1-19(14-7-8-16-11-14)15-17-9-13(10-18-15)12-5-3-2-4-6-12/h9-10,12,14,16H,2-8,11H2,1H3. The second kappa shape index (κ2) is 5.87. The maximum absolute atomic E-state index is 4.59. The minimum atomic E-state index is 0.542. The SMILES string of the molecule is CN(c1ncc(C2CCCCC2)cn1)C1CCNC1. The van der Waals surface area contributed by atoms with Gasteiger partial charge in [-0.1, -0.05) is 19.3 Å². The van der Waals surface area contributed by atoms with Gasteiger partial charge < -0.3 is 10.2 Å². The summed E-state index contributed by atoms with van der Waals surface area (Å²) in [6, 6.07) is 0.542. The quantitative estimate of drug-likeness (QED) is 0.905. The van der Waals surface area contributed by atoms with E-state index < -0.39 is 0 Å². The van der Waals surface area contributed by atoms with Crippen LogP contribution in [0.3, 0.4) is 0 Å². The topological polar surface area (TPSA) is 41.1 Å². The van der Waals surface area contributed by atoms with Crippen molar-refractivity contribution in [1.82, 2.24) is 15.3 Å². The van der Waals surface area contributed by atoms with Crippen LogP contribution in [0.25, 0.3) is 0 Å². The molecule has 2 fully saturated rings. The van der Waals surface area contributed by atoms with Crippen LogP contribution in [0.15, 0.2) is 12.4 Å². The number of hydrogen-bond donors (Lipinski definition) is 1. The van der Waals surface area contributed by atoms with Crippen molar-refractivity contribution in [1.29, 1.82) is 0 Å². The van der Waals surface area contributed by atoms with Crippen molar-refractivity contribution >= 4 is 5.95 Å². The molecule has 3 rings (SSSR count). The highest BCUT2D eigenvalue weighted by Gasteiger charge is 2.22. The summed E-state index contributed by atoms with van der Waals surface area (Å²) in [7, 11) is 2.10. The van der Waals surface area contributed by atoms with E-state index in [0.29, 0.717) is 12.0 Å². The van der Waals surface area contributed by atoms with Crippen molar-refractivity contribution < 1.29 is 0 Å². The van der Waals surface area contributed by atoms with Crippen molar-refractivity contribution in [2.75, 3.05) is 25.0 Å². The molecule has 1 saturated carbocycles. The fraction of sp³-hybridized carbons (Fsp3) is 0.733. The molecule has 1 aromatic heterocycles. The zero-order valence-corrected chi connectivity index (χ0v) is 11.8. The lowest BCUT2D eigenvalue weighted by Crippen LogP contribution is -2.34. The van der Waals surface area contributed by atoms with Crippen molar-refractivity contribution in [2.24, 2.45) is 0 Å². The molecule has 0 aromatic carbocycles. The number of rotatable bonds is 3. The van der Waals surface area contributed by atoms with Gasteiger partial charge in [0.15, 0.2) is 0 Å². The predicted octanol–water partition coefficient (Wildman–Crippen LogP) is 2.32. The van der Waals surface area contributed by atoms with Gasteiger partial charge in [0.25, 0.3) is 0 Å². The van der Waals surface area contributed by atoms with Crippen LogP contribution >= 0.6 is 0 Å². The molecule has 1 aliphatic heterocycles. The maximum Gasteiger partial charge on any atom is 0.225 e. The summed E-state index contributed by atoms with van der Waals surface area (Å²) in [5, 5.41) is 3.39. The number of aromatic nitrogens is 2. The second-order valence-electron chi connectivity index (χ2n) is 5.91. The molecular formula is C15H24N4. The zero-order valence-electron chi connectivity index (χ0n) is 11.8. The Hall–Kier alpha value is -1.16. The van der Waals surface area contributed by atoms with E-state index in [4.69, 9.17) is 0 Å². The molecule has 0 bridgehead atoms. The number of anilines is 1. The zero-order chi connectivity index (χ0) is 13.1. The van der Waals surface area contributed by atoms with Gasteiger partial charge in [-0.05, 0) is 37.3 Å².